The Morgan fingerprint density at radius 3 is 2.15 bits per heavy atom. The van der Waals surface area contributed by atoms with E-state index in [9.17, 15) is 4.79 Å². The number of hydrogen-bond acceptors (Lipinski definition) is 3. The smallest absolute Gasteiger partial charge is 0.228 e. The van der Waals surface area contributed by atoms with Gasteiger partial charge in [-0.25, -0.2) is 0 Å². The lowest BCUT2D eigenvalue weighted by Gasteiger charge is -2.37. The zero-order chi connectivity index (χ0) is 15.0. The average Bonchev–Trinajstić information content (AvgIpc) is 2.48. The van der Waals surface area contributed by atoms with Gasteiger partial charge in [-0.1, -0.05) is 20.8 Å². The van der Waals surface area contributed by atoms with E-state index in [2.05, 4.69) is 42.8 Å². The van der Waals surface area contributed by atoms with E-state index in [0.29, 0.717) is 5.91 Å². The minimum atomic E-state index is -0.142. The van der Waals surface area contributed by atoms with Crippen molar-refractivity contribution in [2.45, 2.75) is 47.0 Å². The lowest BCUT2D eigenvalue weighted by atomic mass is 9.79. The quantitative estimate of drug-likeness (QED) is 0.739. The molecule has 20 heavy (non-hydrogen) atoms. The molecule has 1 rings (SSSR count). The first-order valence-electron chi connectivity index (χ1n) is 8.29. The number of amides is 1. The lowest BCUT2D eigenvalue weighted by molar-refractivity contribution is -0.142. The van der Waals surface area contributed by atoms with Crippen LogP contribution in [0.4, 0.5) is 0 Å². The molecule has 0 aromatic rings. The summed E-state index contributed by atoms with van der Waals surface area (Å²) < 4.78 is 0. The van der Waals surface area contributed by atoms with Gasteiger partial charge in [0.1, 0.15) is 0 Å². The Bertz CT molecular complexity index is 283. The normalized spacial score (nSPS) is 18.2. The van der Waals surface area contributed by atoms with E-state index in [4.69, 9.17) is 0 Å². The number of nitrogens with zero attached hydrogens (tertiary/aromatic N) is 2. The van der Waals surface area contributed by atoms with Crippen LogP contribution < -0.4 is 5.32 Å². The first-order valence-corrected chi connectivity index (χ1v) is 8.29. The maximum absolute atomic E-state index is 12.8. The maximum Gasteiger partial charge on any atom is 0.228 e. The molecule has 1 aliphatic rings. The van der Waals surface area contributed by atoms with Crippen molar-refractivity contribution in [3.05, 3.63) is 0 Å². The number of carbonyl (C=O) groups excluding carboxylic acids is 1. The first-order chi connectivity index (χ1) is 9.57. The van der Waals surface area contributed by atoms with Crippen molar-refractivity contribution in [2.24, 2.45) is 5.41 Å². The Labute approximate surface area is 124 Å². The summed E-state index contributed by atoms with van der Waals surface area (Å²) in [5.74, 6) is 0.362. The average molecular weight is 283 g/mol. The molecule has 0 radical (unpaired) electrons. The fourth-order valence-electron chi connectivity index (χ4n) is 3.00. The Kier molecular flexibility index (Phi) is 7.52. The highest BCUT2D eigenvalue weighted by Gasteiger charge is 2.36. The Hall–Kier alpha value is -0.610. The molecule has 0 unspecified atom stereocenters. The number of nitrogens with one attached hydrogen (secondary N) is 1. The van der Waals surface area contributed by atoms with Crippen LogP contribution in [0.3, 0.4) is 0 Å². The van der Waals surface area contributed by atoms with Crippen LogP contribution in [-0.4, -0.2) is 61.5 Å². The zero-order valence-electron chi connectivity index (χ0n) is 13.9. The lowest BCUT2D eigenvalue weighted by Crippen LogP contribution is -2.48. The van der Waals surface area contributed by atoms with Crippen LogP contribution in [-0.2, 0) is 4.79 Å². The van der Waals surface area contributed by atoms with Crippen molar-refractivity contribution in [3.8, 4) is 0 Å². The second-order valence-corrected chi connectivity index (χ2v) is 6.08. The molecule has 0 spiro atoms. The van der Waals surface area contributed by atoms with Crippen LogP contribution in [0.15, 0.2) is 0 Å². The summed E-state index contributed by atoms with van der Waals surface area (Å²) >= 11 is 0. The molecule has 1 fully saturated rings. The van der Waals surface area contributed by atoms with Gasteiger partial charge < -0.3 is 15.1 Å². The fraction of sp³-hybridized carbons (Fsp3) is 0.938. The minimum absolute atomic E-state index is 0.142. The van der Waals surface area contributed by atoms with E-state index in [-0.39, 0.29) is 5.41 Å². The second-order valence-electron chi connectivity index (χ2n) is 6.08. The molecule has 0 aliphatic carbocycles. The number of piperidine rings is 1. The number of hydrogen-bond donors (Lipinski definition) is 1. The molecule has 1 heterocycles. The van der Waals surface area contributed by atoms with E-state index in [1.807, 2.05) is 0 Å². The fourth-order valence-corrected chi connectivity index (χ4v) is 3.00. The summed E-state index contributed by atoms with van der Waals surface area (Å²) in [7, 11) is 0. The summed E-state index contributed by atoms with van der Waals surface area (Å²) in [4.78, 5) is 17.2. The monoisotopic (exact) mass is 283 g/mol. The number of rotatable bonds is 8. The van der Waals surface area contributed by atoms with Crippen LogP contribution in [0.5, 0.6) is 0 Å². The molecule has 0 aromatic carbocycles. The highest BCUT2D eigenvalue weighted by atomic mass is 16.2. The van der Waals surface area contributed by atoms with Crippen LogP contribution in [0.2, 0.25) is 0 Å². The zero-order valence-corrected chi connectivity index (χ0v) is 13.9. The molecule has 1 aliphatic heterocycles. The first kappa shape index (κ1) is 17.4. The van der Waals surface area contributed by atoms with Crippen molar-refractivity contribution in [3.63, 3.8) is 0 Å². The van der Waals surface area contributed by atoms with E-state index >= 15 is 0 Å². The highest BCUT2D eigenvalue weighted by Crippen LogP contribution is 2.30. The molecule has 0 saturated carbocycles. The predicted molar refractivity (Wildman–Crippen MR) is 84.9 cm³/mol. The largest absolute Gasteiger partial charge is 0.342 e. The van der Waals surface area contributed by atoms with Crippen molar-refractivity contribution >= 4 is 5.91 Å². The maximum atomic E-state index is 12.8. The Balaban J connectivity index is 2.46. The van der Waals surface area contributed by atoms with E-state index in [1.54, 1.807) is 0 Å². The van der Waals surface area contributed by atoms with Crippen LogP contribution >= 0.6 is 0 Å². The van der Waals surface area contributed by atoms with Gasteiger partial charge in [0.2, 0.25) is 5.91 Å². The third-order valence-corrected chi connectivity index (χ3v) is 4.69. The summed E-state index contributed by atoms with van der Waals surface area (Å²) in [5.41, 5.74) is -0.142. The van der Waals surface area contributed by atoms with E-state index in [0.717, 1.165) is 65.1 Å². The molecule has 1 N–H and O–H groups in total. The van der Waals surface area contributed by atoms with Crippen LogP contribution in [0.1, 0.15) is 47.0 Å². The van der Waals surface area contributed by atoms with Crippen molar-refractivity contribution in [2.75, 3.05) is 45.8 Å². The molecule has 1 saturated heterocycles. The summed E-state index contributed by atoms with van der Waals surface area (Å²) in [6, 6.07) is 0. The van der Waals surface area contributed by atoms with Gasteiger partial charge in [-0.3, -0.25) is 4.79 Å². The highest BCUT2D eigenvalue weighted by molar-refractivity contribution is 5.82. The molecular formula is C16H33N3O. The standard InChI is InChI=1S/C16H33N3O/c1-5-18(6-2)13-8-14-19(7-3)15(20)16(4)9-11-17-12-10-16/h17H,5-14H2,1-4H3. The van der Waals surface area contributed by atoms with Gasteiger partial charge in [0.15, 0.2) is 0 Å². The van der Waals surface area contributed by atoms with Gasteiger partial charge in [-0.15, -0.1) is 0 Å². The number of carbonyl (C=O) groups is 1. The van der Waals surface area contributed by atoms with Gasteiger partial charge in [0.05, 0.1) is 0 Å². The van der Waals surface area contributed by atoms with Gasteiger partial charge in [-0.05, 0) is 58.9 Å². The van der Waals surface area contributed by atoms with E-state index < -0.39 is 0 Å². The van der Waals surface area contributed by atoms with Crippen LogP contribution in [0, 0.1) is 5.41 Å². The Morgan fingerprint density at radius 2 is 1.65 bits per heavy atom. The van der Waals surface area contributed by atoms with Gasteiger partial charge in [0, 0.05) is 18.5 Å². The van der Waals surface area contributed by atoms with Gasteiger partial charge in [-0.2, -0.15) is 0 Å². The summed E-state index contributed by atoms with van der Waals surface area (Å²) in [6.07, 6.45) is 3.02. The minimum Gasteiger partial charge on any atom is -0.342 e. The molecule has 118 valence electrons. The van der Waals surface area contributed by atoms with E-state index in [1.165, 1.54) is 0 Å². The Morgan fingerprint density at radius 1 is 1.05 bits per heavy atom. The molecule has 1 amide bonds. The van der Waals surface area contributed by atoms with Crippen molar-refractivity contribution in [1.82, 2.24) is 15.1 Å². The third kappa shape index (κ3) is 4.74. The third-order valence-electron chi connectivity index (χ3n) is 4.69. The summed E-state index contributed by atoms with van der Waals surface area (Å²) in [5, 5.41) is 3.35. The molecule has 0 aromatic heterocycles. The van der Waals surface area contributed by atoms with Gasteiger partial charge >= 0.3 is 0 Å². The predicted octanol–water partition coefficient (Wildman–Crippen LogP) is 1.96. The van der Waals surface area contributed by atoms with Gasteiger partial charge in [0.25, 0.3) is 0 Å². The van der Waals surface area contributed by atoms with Crippen LogP contribution in [0.25, 0.3) is 0 Å². The molecular weight excluding hydrogens is 250 g/mol. The van der Waals surface area contributed by atoms with Crippen molar-refractivity contribution in [1.29, 1.82) is 0 Å². The van der Waals surface area contributed by atoms with Crippen molar-refractivity contribution < 1.29 is 4.79 Å². The second kappa shape index (κ2) is 8.63. The summed E-state index contributed by atoms with van der Waals surface area (Å²) in [6.45, 7) is 15.6. The topological polar surface area (TPSA) is 35.6 Å². The molecule has 0 atom stereocenters. The molecule has 0 bridgehead atoms. The molecule has 4 heteroatoms. The SMILES string of the molecule is CCN(CC)CCCN(CC)C(=O)C1(C)CCNCC1. The molecule has 4 nitrogen and oxygen atoms in total.